The van der Waals surface area contributed by atoms with E-state index in [1.54, 1.807) is 17.5 Å². The first-order chi connectivity index (χ1) is 8.88. The molecular formula is C12H7N5S. The molecule has 3 aromatic heterocycles. The van der Waals surface area contributed by atoms with Crippen LogP contribution in [0.3, 0.4) is 0 Å². The lowest BCUT2D eigenvalue weighted by molar-refractivity contribution is 0.937. The fraction of sp³-hybridized carbons (Fsp3) is 0. The highest BCUT2D eigenvalue weighted by molar-refractivity contribution is 7.18. The maximum Gasteiger partial charge on any atom is 0.191 e. The molecule has 3 heterocycles. The summed E-state index contributed by atoms with van der Waals surface area (Å²) in [7, 11) is 0. The summed E-state index contributed by atoms with van der Waals surface area (Å²) < 4.78 is 0. The molecule has 86 valence electrons. The van der Waals surface area contributed by atoms with E-state index in [2.05, 4.69) is 20.4 Å². The molecule has 0 radical (unpaired) electrons. The van der Waals surface area contributed by atoms with Crippen LogP contribution in [-0.4, -0.2) is 20.4 Å². The van der Waals surface area contributed by atoms with Crippen molar-refractivity contribution in [1.82, 2.24) is 20.4 Å². The quantitative estimate of drug-likeness (QED) is 0.761. The van der Waals surface area contributed by atoms with Gasteiger partial charge in [-0.15, -0.1) is 16.4 Å². The maximum atomic E-state index is 8.91. The summed E-state index contributed by atoms with van der Waals surface area (Å²) in [5.74, 6) is 0. The highest BCUT2D eigenvalue weighted by Gasteiger charge is 2.12. The number of aromatic nitrogens is 4. The third-order valence-electron chi connectivity index (χ3n) is 2.44. The molecule has 0 unspecified atom stereocenters. The van der Waals surface area contributed by atoms with E-state index in [0.29, 0.717) is 11.4 Å². The number of pyridine rings is 1. The Bertz CT molecular complexity index is 707. The highest BCUT2D eigenvalue weighted by atomic mass is 32.1. The average molecular weight is 253 g/mol. The van der Waals surface area contributed by atoms with Crippen LogP contribution in [0, 0.1) is 11.3 Å². The summed E-state index contributed by atoms with van der Waals surface area (Å²) in [5, 5.41) is 19.2. The molecule has 0 aliphatic carbocycles. The van der Waals surface area contributed by atoms with Crippen molar-refractivity contribution in [3.8, 4) is 27.1 Å². The molecule has 0 atom stereocenters. The van der Waals surface area contributed by atoms with Crippen molar-refractivity contribution in [2.75, 3.05) is 0 Å². The van der Waals surface area contributed by atoms with Crippen molar-refractivity contribution in [3.63, 3.8) is 0 Å². The number of hydrogen-bond acceptors (Lipinski definition) is 5. The summed E-state index contributed by atoms with van der Waals surface area (Å²) in [5.41, 5.74) is 1.96. The number of hydrogen-bond donors (Lipinski definition) is 1. The molecule has 0 bridgehead atoms. The minimum atomic E-state index is 0.314. The van der Waals surface area contributed by atoms with E-state index in [0.717, 1.165) is 15.3 Å². The normalized spacial score (nSPS) is 10.2. The zero-order chi connectivity index (χ0) is 12.4. The monoisotopic (exact) mass is 253 g/mol. The van der Waals surface area contributed by atoms with E-state index in [4.69, 9.17) is 5.26 Å². The van der Waals surface area contributed by atoms with E-state index < -0.39 is 0 Å². The summed E-state index contributed by atoms with van der Waals surface area (Å²) in [4.78, 5) is 6.09. The van der Waals surface area contributed by atoms with Crippen LogP contribution in [-0.2, 0) is 0 Å². The van der Waals surface area contributed by atoms with Crippen LogP contribution in [0.5, 0.6) is 0 Å². The first-order valence-corrected chi connectivity index (χ1v) is 6.01. The summed E-state index contributed by atoms with van der Waals surface area (Å²) in [6.45, 7) is 0. The predicted molar refractivity (Wildman–Crippen MR) is 67.6 cm³/mol. The van der Waals surface area contributed by atoms with Crippen molar-refractivity contribution in [3.05, 3.63) is 42.4 Å². The minimum Gasteiger partial charge on any atom is -0.264 e. The van der Waals surface area contributed by atoms with Gasteiger partial charge >= 0.3 is 0 Å². The van der Waals surface area contributed by atoms with Crippen LogP contribution in [0.15, 0.2) is 36.7 Å². The van der Waals surface area contributed by atoms with Gasteiger partial charge in [-0.1, -0.05) is 6.07 Å². The van der Waals surface area contributed by atoms with Crippen molar-refractivity contribution in [2.45, 2.75) is 0 Å². The second kappa shape index (κ2) is 4.39. The number of thiophene rings is 1. The van der Waals surface area contributed by atoms with E-state index in [1.165, 1.54) is 0 Å². The number of rotatable bonds is 2. The molecular weight excluding hydrogens is 246 g/mol. The Balaban J connectivity index is 2.03. The summed E-state index contributed by atoms with van der Waals surface area (Å²) in [6, 6.07) is 9.83. The van der Waals surface area contributed by atoms with Crippen LogP contribution in [0.4, 0.5) is 0 Å². The Hall–Kier alpha value is -2.52. The largest absolute Gasteiger partial charge is 0.264 e. The van der Waals surface area contributed by atoms with Gasteiger partial charge in [0.15, 0.2) is 5.69 Å². The van der Waals surface area contributed by atoms with Gasteiger partial charge in [0.05, 0.1) is 4.88 Å². The third kappa shape index (κ3) is 1.77. The van der Waals surface area contributed by atoms with Gasteiger partial charge in [0.1, 0.15) is 11.8 Å². The zero-order valence-corrected chi connectivity index (χ0v) is 9.98. The Morgan fingerprint density at radius 2 is 2.06 bits per heavy atom. The van der Waals surface area contributed by atoms with Gasteiger partial charge < -0.3 is 0 Å². The molecule has 3 rings (SSSR count). The molecule has 3 aromatic rings. The fourth-order valence-corrected chi connectivity index (χ4v) is 2.60. The Morgan fingerprint density at radius 1 is 1.17 bits per heavy atom. The molecule has 18 heavy (non-hydrogen) atoms. The van der Waals surface area contributed by atoms with Crippen LogP contribution < -0.4 is 0 Å². The number of aromatic amines is 1. The second-order valence-electron chi connectivity index (χ2n) is 3.54. The summed E-state index contributed by atoms with van der Waals surface area (Å²) >= 11 is 1.56. The van der Waals surface area contributed by atoms with Crippen LogP contribution >= 0.6 is 11.3 Å². The van der Waals surface area contributed by atoms with Crippen LogP contribution in [0.1, 0.15) is 5.69 Å². The van der Waals surface area contributed by atoms with Gasteiger partial charge in [-0.3, -0.25) is 4.98 Å². The smallest absolute Gasteiger partial charge is 0.191 e. The Labute approximate surface area is 107 Å². The molecule has 0 aromatic carbocycles. The van der Waals surface area contributed by atoms with Gasteiger partial charge in [-0.25, -0.2) is 0 Å². The van der Waals surface area contributed by atoms with E-state index in [1.807, 2.05) is 36.5 Å². The Kier molecular flexibility index (Phi) is 2.59. The van der Waals surface area contributed by atoms with Gasteiger partial charge in [0.25, 0.3) is 0 Å². The molecule has 6 heteroatoms. The predicted octanol–water partition coefficient (Wildman–Crippen LogP) is 2.47. The van der Waals surface area contributed by atoms with Crippen molar-refractivity contribution >= 4 is 11.3 Å². The van der Waals surface area contributed by atoms with Gasteiger partial charge in [-0.05, 0) is 18.2 Å². The Morgan fingerprint density at radius 3 is 2.83 bits per heavy atom. The summed E-state index contributed by atoms with van der Waals surface area (Å²) in [6.07, 6.45) is 3.55. The second-order valence-corrected chi connectivity index (χ2v) is 4.62. The molecule has 0 aliphatic rings. The lowest BCUT2D eigenvalue weighted by Gasteiger charge is -1.94. The fourth-order valence-electron chi connectivity index (χ4n) is 1.61. The van der Waals surface area contributed by atoms with Crippen molar-refractivity contribution in [1.29, 1.82) is 5.26 Å². The number of nitrogens with one attached hydrogen (secondary N) is 1. The SMILES string of the molecule is N#Cc1n[nH]nc1-c1ccc(-c2cccnc2)s1. The molecule has 1 N–H and O–H groups in total. The lowest BCUT2D eigenvalue weighted by Crippen LogP contribution is -1.77. The lowest BCUT2D eigenvalue weighted by atomic mass is 10.2. The van der Waals surface area contributed by atoms with E-state index in [-0.39, 0.29) is 0 Å². The number of nitriles is 1. The van der Waals surface area contributed by atoms with Crippen LogP contribution in [0.2, 0.25) is 0 Å². The topological polar surface area (TPSA) is 78.2 Å². The van der Waals surface area contributed by atoms with E-state index >= 15 is 0 Å². The van der Waals surface area contributed by atoms with Crippen LogP contribution in [0.25, 0.3) is 21.0 Å². The number of nitrogens with zero attached hydrogens (tertiary/aromatic N) is 4. The third-order valence-corrected chi connectivity index (χ3v) is 3.58. The molecule has 0 saturated carbocycles. The maximum absolute atomic E-state index is 8.91. The van der Waals surface area contributed by atoms with Gasteiger partial charge in [0.2, 0.25) is 0 Å². The molecule has 0 spiro atoms. The first kappa shape index (κ1) is 10.6. The zero-order valence-electron chi connectivity index (χ0n) is 9.16. The highest BCUT2D eigenvalue weighted by Crippen LogP contribution is 2.33. The molecule has 5 nitrogen and oxygen atoms in total. The first-order valence-electron chi connectivity index (χ1n) is 5.20. The standard InChI is InChI=1S/C12H7N5S/c13-6-9-12(16-17-15-9)11-4-3-10(18-11)8-2-1-5-14-7-8/h1-5,7H,(H,15,16,17). The number of H-pyrrole nitrogens is 1. The average Bonchev–Trinajstić information content (AvgIpc) is 3.08. The molecule has 0 saturated heterocycles. The molecule has 0 fully saturated rings. The van der Waals surface area contributed by atoms with Crippen molar-refractivity contribution < 1.29 is 0 Å². The van der Waals surface area contributed by atoms with E-state index in [9.17, 15) is 0 Å². The van der Waals surface area contributed by atoms with Gasteiger partial charge in [-0.2, -0.15) is 15.6 Å². The molecule has 0 aliphatic heterocycles. The van der Waals surface area contributed by atoms with Gasteiger partial charge in [0, 0.05) is 22.8 Å². The van der Waals surface area contributed by atoms with Crippen molar-refractivity contribution in [2.24, 2.45) is 0 Å². The minimum absolute atomic E-state index is 0.314. The molecule has 0 amide bonds.